The molecule has 1 aromatic rings. The molecule has 0 amide bonds. The fraction of sp³-hybridized carbons (Fsp3) is 0.600. The van der Waals surface area contributed by atoms with Gasteiger partial charge in [-0.1, -0.05) is 0 Å². The minimum atomic E-state index is -0.388. The topological polar surface area (TPSA) is 103 Å². The summed E-state index contributed by atoms with van der Waals surface area (Å²) in [6, 6.07) is 3.80. The van der Waals surface area contributed by atoms with Gasteiger partial charge in [-0.15, -0.1) is 0 Å². The zero-order chi connectivity index (χ0) is 14.9. The molecule has 3 N–H and O–H groups in total. The van der Waals surface area contributed by atoms with Gasteiger partial charge in [0, 0.05) is 60.3 Å². The molecular formula is C15H22N2O5. The summed E-state index contributed by atoms with van der Waals surface area (Å²) in [5, 5.41) is 11.2. The van der Waals surface area contributed by atoms with Gasteiger partial charge in [0.25, 0.3) is 5.69 Å². The number of rotatable bonds is 4. The number of morpholine rings is 1. The molecule has 0 radical (unpaired) electrons. The van der Waals surface area contributed by atoms with Crippen LogP contribution in [-0.4, -0.2) is 49.1 Å². The molecule has 2 aliphatic heterocycles. The van der Waals surface area contributed by atoms with E-state index in [1.54, 1.807) is 0 Å². The van der Waals surface area contributed by atoms with Crippen LogP contribution in [0.5, 0.6) is 5.75 Å². The average Bonchev–Trinajstić information content (AvgIpc) is 2.82. The van der Waals surface area contributed by atoms with E-state index in [4.69, 9.17) is 14.6 Å². The third-order valence-corrected chi connectivity index (χ3v) is 4.20. The van der Waals surface area contributed by atoms with Crippen molar-refractivity contribution < 1.29 is 25.2 Å². The third kappa shape index (κ3) is 3.06. The predicted octanol–water partition coefficient (Wildman–Crippen LogP) is -0.0991. The Morgan fingerprint density at radius 3 is 2.73 bits per heavy atom. The summed E-state index contributed by atoms with van der Waals surface area (Å²) in [6.45, 7) is 4.94. The number of fused-ring (bicyclic) bond motifs is 1. The van der Waals surface area contributed by atoms with Gasteiger partial charge in [0.05, 0.1) is 13.2 Å². The van der Waals surface area contributed by atoms with Crippen LogP contribution >= 0.6 is 0 Å². The summed E-state index contributed by atoms with van der Waals surface area (Å²) < 4.78 is 11.4. The van der Waals surface area contributed by atoms with Crippen molar-refractivity contribution in [3.05, 3.63) is 22.6 Å². The van der Waals surface area contributed by atoms with Crippen LogP contribution in [0, 0.1) is 4.91 Å². The van der Waals surface area contributed by atoms with Gasteiger partial charge in [-0.3, -0.25) is 0 Å². The Kier molecular flexibility index (Phi) is 5.00. The third-order valence-electron chi connectivity index (χ3n) is 4.20. The van der Waals surface area contributed by atoms with Crippen molar-refractivity contribution >= 4 is 11.4 Å². The molecule has 22 heavy (non-hydrogen) atoms. The minimum Gasteiger partial charge on any atom is -0.870 e. The van der Waals surface area contributed by atoms with Crippen LogP contribution in [0.25, 0.3) is 0 Å². The summed E-state index contributed by atoms with van der Waals surface area (Å²) in [5.74, 6) is 0.812. The second-order valence-corrected chi connectivity index (χ2v) is 5.88. The Labute approximate surface area is 129 Å². The molecule has 2 aliphatic rings. The molecule has 1 unspecified atom stereocenters. The van der Waals surface area contributed by atoms with E-state index < -0.39 is 0 Å². The highest BCUT2D eigenvalue weighted by Crippen LogP contribution is 2.41. The van der Waals surface area contributed by atoms with Gasteiger partial charge in [0.2, 0.25) is 0 Å². The monoisotopic (exact) mass is 310 g/mol. The summed E-state index contributed by atoms with van der Waals surface area (Å²) in [4.78, 5) is 13.4. The molecule has 1 atom stereocenters. The van der Waals surface area contributed by atoms with Crippen LogP contribution in [0.3, 0.4) is 0 Å². The second kappa shape index (κ2) is 6.60. The Balaban J connectivity index is 0.00000176. The molecule has 1 aromatic carbocycles. The van der Waals surface area contributed by atoms with Crippen LogP contribution in [0.4, 0.5) is 11.4 Å². The van der Waals surface area contributed by atoms with Crippen molar-refractivity contribution in [1.29, 1.82) is 0 Å². The molecule has 0 bridgehead atoms. The maximum atomic E-state index is 11.3. The summed E-state index contributed by atoms with van der Waals surface area (Å²) in [5.41, 5.74) is 2.06. The Morgan fingerprint density at radius 1 is 1.36 bits per heavy atom. The number of anilines is 1. The van der Waals surface area contributed by atoms with Crippen LogP contribution in [0.1, 0.15) is 18.9 Å². The molecule has 0 saturated carbocycles. The van der Waals surface area contributed by atoms with Crippen LogP contribution in [0.15, 0.2) is 12.1 Å². The molecule has 3 rings (SSSR count). The molecule has 1 fully saturated rings. The maximum Gasteiger partial charge on any atom is 0.277 e. The highest BCUT2D eigenvalue weighted by molar-refractivity contribution is 5.68. The second-order valence-electron chi connectivity index (χ2n) is 5.88. The van der Waals surface area contributed by atoms with E-state index in [-0.39, 0.29) is 17.7 Å². The molecule has 122 valence electrons. The maximum absolute atomic E-state index is 11.3. The normalized spacial score (nSPS) is 23.5. The van der Waals surface area contributed by atoms with Gasteiger partial charge in [0.15, 0.2) is 0 Å². The van der Waals surface area contributed by atoms with Gasteiger partial charge >= 0.3 is 0 Å². The summed E-state index contributed by atoms with van der Waals surface area (Å²) >= 11 is 0. The largest absolute Gasteiger partial charge is 0.870 e. The van der Waals surface area contributed by atoms with E-state index in [1.807, 2.05) is 24.2 Å². The first-order valence-electron chi connectivity index (χ1n) is 7.33. The first-order valence-corrected chi connectivity index (χ1v) is 7.33. The smallest absolute Gasteiger partial charge is 0.277 e. The Bertz CT molecular complexity index is 545. The summed E-state index contributed by atoms with van der Waals surface area (Å²) in [7, 11) is 0. The van der Waals surface area contributed by atoms with Crippen molar-refractivity contribution in [2.45, 2.75) is 25.4 Å². The van der Waals surface area contributed by atoms with Crippen molar-refractivity contribution in [3.63, 3.8) is 0 Å². The van der Waals surface area contributed by atoms with Crippen molar-refractivity contribution in [2.24, 2.45) is 0 Å². The number of hydrogen-bond donors (Lipinski definition) is 2. The number of hydrogen-bond acceptors (Lipinski definition) is 6. The van der Waals surface area contributed by atoms with Crippen molar-refractivity contribution in [1.82, 2.24) is 0 Å². The fourth-order valence-electron chi connectivity index (χ4n) is 3.08. The quantitative estimate of drug-likeness (QED) is 0.805. The number of nitrogens with one attached hydrogen (secondary N) is 1. The van der Waals surface area contributed by atoms with Gasteiger partial charge in [0.1, 0.15) is 17.0 Å². The molecule has 7 heteroatoms. The van der Waals surface area contributed by atoms with Crippen LogP contribution in [0.2, 0.25) is 0 Å². The first kappa shape index (κ1) is 16.7. The molecule has 0 aliphatic carbocycles. The zero-order valence-electron chi connectivity index (χ0n) is 12.7. The van der Waals surface area contributed by atoms with Gasteiger partial charge in [-0.05, 0) is 6.92 Å². The average molecular weight is 310 g/mol. The standard InChI is InChI=1S/C15H20N2O4.H2O/c1-15(2-5-18)10-11-8-12(16-19)13(9-14(11)21-15)17-3-6-20-7-4-17;/h8-9,18H,2-7,10H2,1H3;1H2. The number of nitrogens with zero attached hydrogens (tertiary/aromatic N) is 1. The highest BCUT2D eigenvalue weighted by atomic mass is 16.5. The van der Waals surface area contributed by atoms with E-state index >= 15 is 0 Å². The number of aliphatic hydroxyl groups excluding tert-OH is 1. The van der Waals surface area contributed by atoms with Gasteiger partial charge < -0.3 is 25.0 Å². The van der Waals surface area contributed by atoms with E-state index in [0.29, 0.717) is 31.7 Å². The SMILES string of the molecule is CC1(CCO)Cc2cc([NH+]=O)c(N3CCOCC3)cc2O1.[OH-]. The minimum absolute atomic E-state index is 0. The predicted molar refractivity (Wildman–Crippen MR) is 79.8 cm³/mol. The molecule has 0 aromatic heterocycles. The Hall–Kier alpha value is -1.70. The van der Waals surface area contributed by atoms with Crippen LogP contribution < -0.4 is 14.8 Å². The lowest BCUT2D eigenvalue weighted by atomic mass is 9.96. The highest BCUT2D eigenvalue weighted by Gasteiger charge is 2.36. The van der Waals surface area contributed by atoms with E-state index in [0.717, 1.165) is 30.1 Å². The Morgan fingerprint density at radius 2 is 2.09 bits per heavy atom. The first-order chi connectivity index (χ1) is 10.1. The van der Waals surface area contributed by atoms with E-state index in [2.05, 4.69) is 4.90 Å². The number of benzene rings is 1. The molecule has 2 heterocycles. The number of aliphatic hydroxyl groups is 1. The number of nitroso groups, excluding NO2 is 1. The van der Waals surface area contributed by atoms with Crippen LogP contribution in [-0.2, 0) is 11.2 Å². The van der Waals surface area contributed by atoms with Crippen molar-refractivity contribution in [3.8, 4) is 5.75 Å². The summed E-state index contributed by atoms with van der Waals surface area (Å²) in [6.07, 6.45) is 1.29. The molecule has 1 saturated heterocycles. The van der Waals surface area contributed by atoms with Gasteiger partial charge in [-0.2, -0.15) is 0 Å². The molecular weight excluding hydrogens is 288 g/mol. The van der Waals surface area contributed by atoms with E-state index in [9.17, 15) is 4.91 Å². The van der Waals surface area contributed by atoms with E-state index in [1.165, 1.54) is 0 Å². The van der Waals surface area contributed by atoms with Gasteiger partial charge in [-0.25, -0.2) is 0 Å². The number of ether oxygens (including phenoxy) is 2. The molecule has 7 nitrogen and oxygen atoms in total. The lowest BCUT2D eigenvalue weighted by molar-refractivity contribution is -0.378. The lowest BCUT2D eigenvalue weighted by Gasteiger charge is -2.28. The fourth-order valence-corrected chi connectivity index (χ4v) is 3.08. The zero-order valence-corrected chi connectivity index (χ0v) is 12.7. The van der Waals surface area contributed by atoms with Crippen molar-refractivity contribution in [2.75, 3.05) is 37.8 Å². The lowest BCUT2D eigenvalue weighted by Crippen LogP contribution is -2.57. The molecule has 0 spiro atoms.